The Bertz CT molecular complexity index is 654. The van der Waals surface area contributed by atoms with E-state index in [9.17, 15) is 4.79 Å². The first-order valence-electron chi connectivity index (χ1n) is 7.09. The predicted octanol–water partition coefficient (Wildman–Crippen LogP) is 2.83. The van der Waals surface area contributed by atoms with Gasteiger partial charge in [0.15, 0.2) is 5.16 Å². The van der Waals surface area contributed by atoms with Crippen molar-refractivity contribution < 1.29 is 0 Å². The molecule has 1 aromatic carbocycles. The second-order valence-electron chi connectivity index (χ2n) is 5.00. The normalized spacial score (nSPS) is 12.3. The van der Waals surface area contributed by atoms with Gasteiger partial charge in [-0.1, -0.05) is 36.9 Å². The summed E-state index contributed by atoms with van der Waals surface area (Å²) in [7, 11) is 0. The SMILES string of the molecule is CCNC(CSc1nccc(=O)[nH]1)c1ccc(C)c(C)c1. The summed E-state index contributed by atoms with van der Waals surface area (Å²) in [6.07, 6.45) is 1.54. The number of aromatic amines is 1. The van der Waals surface area contributed by atoms with E-state index in [1.165, 1.54) is 22.8 Å². The number of nitrogens with zero attached hydrogens (tertiary/aromatic N) is 1. The summed E-state index contributed by atoms with van der Waals surface area (Å²) in [4.78, 5) is 18.2. The Morgan fingerprint density at radius 3 is 2.76 bits per heavy atom. The van der Waals surface area contributed by atoms with Gasteiger partial charge in [-0.3, -0.25) is 4.79 Å². The molecule has 0 saturated carbocycles. The highest BCUT2D eigenvalue weighted by atomic mass is 32.2. The van der Waals surface area contributed by atoms with Crippen LogP contribution in [-0.2, 0) is 0 Å². The molecular weight excluding hydrogens is 282 g/mol. The topological polar surface area (TPSA) is 57.8 Å². The Hall–Kier alpha value is -1.59. The molecule has 0 radical (unpaired) electrons. The third-order valence-corrected chi connectivity index (χ3v) is 4.40. The van der Waals surface area contributed by atoms with E-state index in [2.05, 4.69) is 54.3 Å². The van der Waals surface area contributed by atoms with Crippen LogP contribution in [0.5, 0.6) is 0 Å². The molecule has 0 aliphatic heterocycles. The van der Waals surface area contributed by atoms with E-state index in [0.717, 1.165) is 12.3 Å². The molecule has 2 rings (SSSR count). The van der Waals surface area contributed by atoms with Gasteiger partial charge in [0.1, 0.15) is 0 Å². The molecular formula is C16H21N3OS. The minimum absolute atomic E-state index is 0.112. The molecule has 1 heterocycles. The summed E-state index contributed by atoms with van der Waals surface area (Å²) < 4.78 is 0. The lowest BCUT2D eigenvalue weighted by Crippen LogP contribution is -2.23. The number of hydrogen-bond acceptors (Lipinski definition) is 4. The van der Waals surface area contributed by atoms with E-state index < -0.39 is 0 Å². The fraction of sp³-hybridized carbons (Fsp3) is 0.375. The molecule has 0 bridgehead atoms. The highest BCUT2D eigenvalue weighted by Gasteiger charge is 2.12. The van der Waals surface area contributed by atoms with Gasteiger partial charge in [-0.05, 0) is 37.1 Å². The molecule has 1 atom stereocenters. The number of benzene rings is 1. The zero-order valence-corrected chi connectivity index (χ0v) is 13.5. The standard InChI is InChI=1S/C16H21N3OS/c1-4-17-14(13-6-5-11(2)12(3)9-13)10-21-16-18-8-7-15(20)19-16/h5-9,14,17H,4,10H2,1-3H3,(H,18,19,20). The molecule has 21 heavy (non-hydrogen) atoms. The van der Waals surface area contributed by atoms with Gasteiger partial charge >= 0.3 is 0 Å². The van der Waals surface area contributed by atoms with Crippen molar-refractivity contribution in [1.29, 1.82) is 0 Å². The van der Waals surface area contributed by atoms with Crippen molar-refractivity contribution >= 4 is 11.8 Å². The van der Waals surface area contributed by atoms with Crippen molar-refractivity contribution in [1.82, 2.24) is 15.3 Å². The summed E-state index contributed by atoms with van der Waals surface area (Å²) in [5, 5.41) is 4.15. The van der Waals surface area contributed by atoms with Gasteiger partial charge in [-0.2, -0.15) is 0 Å². The lowest BCUT2D eigenvalue weighted by Gasteiger charge is -2.18. The van der Waals surface area contributed by atoms with Gasteiger partial charge in [0.05, 0.1) is 0 Å². The minimum atomic E-state index is -0.112. The average Bonchev–Trinajstić information content (AvgIpc) is 2.46. The molecule has 1 unspecified atom stereocenters. The van der Waals surface area contributed by atoms with Gasteiger partial charge in [-0.15, -0.1) is 0 Å². The molecule has 0 saturated heterocycles. The lowest BCUT2D eigenvalue weighted by atomic mass is 10.0. The number of rotatable bonds is 6. The fourth-order valence-corrected chi connectivity index (χ4v) is 3.03. The van der Waals surface area contributed by atoms with E-state index in [0.29, 0.717) is 5.16 Å². The number of thioether (sulfide) groups is 1. The zero-order valence-electron chi connectivity index (χ0n) is 12.6. The predicted molar refractivity (Wildman–Crippen MR) is 87.9 cm³/mol. The number of aromatic nitrogens is 2. The van der Waals surface area contributed by atoms with Crippen LogP contribution >= 0.6 is 11.8 Å². The highest BCUT2D eigenvalue weighted by Crippen LogP contribution is 2.23. The molecule has 5 heteroatoms. The number of aryl methyl sites for hydroxylation is 2. The Kier molecular flexibility index (Phi) is 5.59. The van der Waals surface area contributed by atoms with Gasteiger partial charge in [0.25, 0.3) is 5.56 Å². The summed E-state index contributed by atoms with van der Waals surface area (Å²) in [6, 6.07) is 8.21. The summed E-state index contributed by atoms with van der Waals surface area (Å²) in [5.41, 5.74) is 3.76. The monoisotopic (exact) mass is 303 g/mol. The van der Waals surface area contributed by atoms with Crippen LogP contribution in [0.2, 0.25) is 0 Å². The number of hydrogen-bond donors (Lipinski definition) is 2. The van der Waals surface area contributed by atoms with Gasteiger partial charge in [0, 0.05) is 24.1 Å². The molecule has 0 spiro atoms. The van der Waals surface area contributed by atoms with Crippen LogP contribution in [0.4, 0.5) is 0 Å². The van der Waals surface area contributed by atoms with Crippen LogP contribution in [0, 0.1) is 13.8 Å². The zero-order chi connectivity index (χ0) is 15.2. The molecule has 0 fully saturated rings. The Labute approximate surface area is 129 Å². The Morgan fingerprint density at radius 2 is 2.10 bits per heavy atom. The van der Waals surface area contributed by atoms with Crippen LogP contribution in [0.25, 0.3) is 0 Å². The maximum Gasteiger partial charge on any atom is 0.251 e. The highest BCUT2D eigenvalue weighted by molar-refractivity contribution is 7.99. The van der Waals surface area contributed by atoms with E-state index >= 15 is 0 Å². The van der Waals surface area contributed by atoms with Crippen LogP contribution in [0.1, 0.15) is 29.7 Å². The minimum Gasteiger partial charge on any atom is -0.309 e. The van der Waals surface area contributed by atoms with Gasteiger partial charge < -0.3 is 10.3 Å². The summed E-state index contributed by atoms with van der Waals surface area (Å²) in [5.74, 6) is 0.823. The third-order valence-electron chi connectivity index (χ3n) is 3.42. The van der Waals surface area contributed by atoms with E-state index in [1.807, 2.05) is 0 Å². The molecule has 2 aromatic rings. The van der Waals surface area contributed by atoms with Crippen molar-refractivity contribution in [2.24, 2.45) is 0 Å². The Balaban J connectivity index is 2.11. The average molecular weight is 303 g/mol. The molecule has 1 aromatic heterocycles. The van der Waals surface area contributed by atoms with Crippen molar-refractivity contribution in [3.8, 4) is 0 Å². The summed E-state index contributed by atoms with van der Waals surface area (Å²) in [6.45, 7) is 7.25. The largest absolute Gasteiger partial charge is 0.309 e. The van der Waals surface area contributed by atoms with Crippen LogP contribution in [0.3, 0.4) is 0 Å². The van der Waals surface area contributed by atoms with E-state index in [1.54, 1.807) is 18.0 Å². The maximum atomic E-state index is 11.3. The summed E-state index contributed by atoms with van der Waals surface area (Å²) >= 11 is 1.56. The van der Waals surface area contributed by atoms with Crippen LogP contribution < -0.4 is 10.9 Å². The van der Waals surface area contributed by atoms with E-state index in [-0.39, 0.29) is 11.6 Å². The van der Waals surface area contributed by atoms with Gasteiger partial charge in [0.2, 0.25) is 0 Å². The molecule has 0 aliphatic carbocycles. The first-order chi connectivity index (χ1) is 10.1. The quantitative estimate of drug-likeness (QED) is 0.636. The van der Waals surface area contributed by atoms with Gasteiger partial charge in [-0.25, -0.2) is 4.98 Å². The molecule has 2 N–H and O–H groups in total. The van der Waals surface area contributed by atoms with Crippen molar-refractivity contribution in [2.45, 2.75) is 32.0 Å². The third kappa shape index (κ3) is 4.44. The first-order valence-corrected chi connectivity index (χ1v) is 8.07. The lowest BCUT2D eigenvalue weighted by molar-refractivity contribution is 0.605. The van der Waals surface area contributed by atoms with Crippen molar-refractivity contribution in [3.63, 3.8) is 0 Å². The van der Waals surface area contributed by atoms with Crippen molar-refractivity contribution in [2.75, 3.05) is 12.3 Å². The van der Waals surface area contributed by atoms with Crippen LogP contribution in [0.15, 0.2) is 40.4 Å². The number of nitrogens with one attached hydrogen (secondary N) is 2. The first kappa shape index (κ1) is 15.8. The van der Waals surface area contributed by atoms with Crippen molar-refractivity contribution in [3.05, 3.63) is 57.5 Å². The molecule has 0 aliphatic rings. The fourth-order valence-electron chi connectivity index (χ4n) is 2.09. The molecule has 4 nitrogen and oxygen atoms in total. The second-order valence-corrected chi connectivity index (χ2v) is 6.01. The van der Waals surface area contributed by atoms with E-state index in [4.69, 9.17) is 0 Å². The number of H-pyrrole nitrogens is 1. The maximum absolute atomic E-state index is 11.3. The second kappa shape index (κ2) is 7.43. The smallest absolute Gasteiger partial charge is 0.251 e. The Morgan fingerprint density at radius 1 is 1.29 bits per heavy atom. The van der Waals surface area contributed by atoms with Crippen LogP contribution in [-0.4, -0.2) is 22.3 Å². The molecule has 112 valence electrons. The molecule has 0 amide bonds.